The number of rotatable bonds is 5. The predicted molar refractivity (Wildman–Crippen MR) is 75.1 cm³/mol. The number of sulfonamides is 1. The van der Waals surface area contributed by atoms with Gasteiger partial charge in [-0.3, -0.25) is 0 Å². The van der Waals surface area contributed by atoms with Crippen LogP contribution < -0.4 is 10.6 Å². The van der Waals surface area contributed by atoms with Gasteiger partial charge in [-0.1, -0.05) is 0 Å². The van der Waals surface area contributed by atoms with Crippen molar-refractivity contribution in [1.29, 1.82) is 0 Å². The highest BCUT2D eigenvalue weighted by molar-refractivity contribution is 7.89. The summed E-state index contributed by atoms with van der Waals surface area (Å²) in [5, 5.41) is 5.10. The molecule has 0 saturated carbocycles. The fourth-order valence-electron chi connectivity index (χ4n) is 1.26. The number of carbonyl (C=O) groups excluding carboxylic acids is 1. The molecule has 0 unspecified atom stereocenters. The molecule has 0 radical (unpaired) electrons. The van der Waals surface area contributed by atoms with E-state index in [0.29, 0.717) is 18.1 Å². The average molecular weight is 306 g/mol. The number of hydrogen-bond acceptors (Lipinski definition) is 3. The molecular weight excluding hydrogens is 290 g/mol. The summed E-state index contributed by atoms with van der Waals surface area (Å²) in [4.78, 5) is 11.5. The van der Waals surface area contributed by atoms with Crippen molar-refractivity contribution in [1.82, 2.24) is 9.62 Å². The lowest BCUT2D eigenvalue weighted by Gasteiger charge is -2.12. The molecule has 0 aromatic heterocycles. The Hall–Kier alpha value is -1.31. The number of nitrogens with one attached hydrogen (secondary N) is 2. The Morgan fingerprint density at radius 3 is 2.32 bits per heavy atom. The van der Waals surface area contributed by atoms with Crippen LogP contribution in [0.1, 0.15) is 0 Å². The molecule has 0 fully saturated rings. The van der Waals surface area contributed by atoms with Gasteiger partial charge < -0.3 is 10.6 Å². The lowest BCUT2D eigenvalue weighted by atomic mass is 10.3. The van der Waals surface area contributed by atoms with Crippen LogP contribution in [0.25, 0.3) is 0 Å². The van der Waals surface area contributed by atoms with E-state index in [9.17, 15) is 13.2 Å². The summed E-state index contributed by atoms with van der Waals surface area (Å²) in [6.07, 6.45) is 0. The molecule has 1 aromatic rings. The van der Waals surface area contributed by atoms with Crippen LogP contribution in [0.2, 0.25) is 0 Å². The van der Waals surface area contributed by atoms with E-state index >= 15 is 0 Å². The second kappa shape index (κ2) is 6.74. The summed E-state index contributed by atoms with van der Waals surface area (Å²) < 4.78 is 24.8. The van der Waals surface area contributed by atoms with Crippen molar-refractivity contribution in [3.8, 4) is 0 Å². The van der Waals surface area contributed by atoms with Crippen LogP contribution in [-0.2, 0) is 10.0 Å². The lowest BCUT2D eigenvalue weighted by molar-refractivity contribution is 0.252. The molecule has 0 aliphatic heterocycles. The number of carbonyl (C=O) groups is 1. The largest absolute Gasteiger partial charge is 0.337 e. The lowest BCUT2D eigenvalue weighted by Crippen LogP contribution is -2.30. The number of urea groups is 1. The van der Waals surface area contributed by atoms with Crippen molar-refractivity contribution in [2.75, 3.05) is 31.8 Å². The minimum Gasteiger partial charge on any atom is -0.337 e. The average Bonchev–Trinajstić information content (AvgIpc) is 2.36. The highest BCUT2D eigenvalue weighted by Crippen LogP contribution is 2.16. The van der Waals surface area contributed by atoms with Gasteiger partial charge >= 0.3 is 6.03 Å². The standard InChI is InChI=1S/C11H16ClN3O3S/c1-15(2)19(17,18)10-5-3-9(4-6-10)14-11(16)13-8-7-12/h3-6H,7-8H2,1-2H3,(H2,13,14,16). The molecular formula is C11H16ClN3O3S. The molecule has 0 spiro atoms. The highest BCUT2D eigenvalue weighted by atomic mass is 35.5. The third-order valence-corrected chi connectivity index (χ3v) is 4.29. The van der Waals surface area contributed by atoms with E-state index in [1.165, 1.54) is 38.4 Å². The van der Waals surface area contributed by atoms with E-state index in [4.69, 9.17) is 11.6 Å². The summed E-state index contributed by atoms with van der Waals surface area (Å²) in [7, 11) is -0.530. The molecule has 0 aliphatic rings. The maximum absolute atomic E-state index is 11.8. The Morgan fingerprint density at radius 1 is 1.26 bits per heavy atom. The van der Waals surface area contributed by atoms with Crippen LogP contribution in [0, 0.1) is 0 Å². The van der Waals surface area contributed by atoms with Gasteiger partial charge in [0.1, 0.15) is 0 Å². The Labute approximate surface area is 117 Å². The molecule has 0 saturated heterocycles. The zero-order chi connectivity index (χ0) is 14.5. The zero-order valence-electron chi connectivity index (χ0n) is 10.7. The zero-order valence-corrected chi connectivity index (χ0v) is 12.3. The minimum absolute atomic E-state index is 0.171. The van der Waals surface area contributed by atoms with Crippen molar-refractivity contribution in [2.24, 2.45) is 0 Å². The molecule has 19 heavy (non-hydrogen) atoms. The molecule has 0 atom stereocenters. The Morgan fingerprint density at radius 2 is 1.84 bits per heavy atom. The normalized spacial score (nSPS) is 11.4. The first-order valence-corrected chi connectivity index (χ1v) is 7.49. The van der Waals surface area contributed by atoms with E-state index in [-0.39, 0.29) is 10.9 Å². The number of hydrogen-bond donors (Lipinski definition) is 2. The van der Waals surface area contributed by atoms with E-state index in [1.54, 1.807) is 0 Å². The van der Waals surface area contributed by atoms with Crippen molar-refractivity contribution in [2.45, 2.75) is 4.90 Å². The quantitative estimate of drug-likeness (QED) is 0.805. The molecule has 0 heterocycles. The topological polar surface area (TPSA) is 78.5 Å². The predicted octanol–water partition coefficient (Wildman–Crippen LogP) is 1.30. The summed E-state index contributed by atoms with van der Waals surface area (Å²) in [6, 6.07) is 5.54. The van der Waals surface area contributed by atoms with Gasteiger partial charge in [0.2, 0.25) is 10.0 Å². The van der Waals surface area contributed by atoms with E-state index in [1.807, 2.05) is 0 Å². The first-order chi connectivity index (χ1) is 8.87. The van der Waals surface area contributed by atoms with Crippen molar-refractivity contribution in [3.63, 3.8) is 0 Å². The number of nitrogens with zero attached hydrogens (tertiary/aromatic N) is 1. The molecule has 2 N–H and O–H groups in total. The summed E-state index contributed by atoms with van der Waals surface area (Å²) >= 11 is 5.44. The van der Waals surface area contributed by atoms with Gasteiger partial charge in [0.15, 0.2) is 0 Å². The smallest absolute Gasteiger partial charge is 0.319 e. The van der Waals surface area contributed by atoms with E-state index in [2.05, 4.69) is 10.6 Å². The minimum atomic E-state index is -3.45. The monoisotopic (exact) mass is 305 g/mol. The number of anilines is 1. The summed E-state index contributed by atoms with van der Waals surface area (Å²) in [5.74, 6) is 0.327. The van der Waals surface area contributed by atoms with E-state index in [0.717, 1.165) is 4.31 Å². The highest BCUT2D eigenvalue weighted by Gasteiger charge is 2.16. The van der Waals surface area contributed by atoms with Crippen LogP contribution in [-0.4, -0.2) is 45.3 Å². The van der Waals surface area contributed by atoms with Crippen LogP contribution >= 0.6 is 11.6 Å². The van der Waals surface area contributed by atoms with Gasteiger partial charge in [0.05, 0.1) is 4.90 Å². The molecule has 8 heteroatoms. The molecule has 0 bridgehead atoms. The molecule has 6 nitrogen and oxygen atoms in total. The SMILES string of the molecule is CN(C)S(=O)(=O)c1ccc(NC(=O)NCCCl)cc1. The maximum Gasteiger partial charge on any atom is 0.319 e. The fourth-order valence-corrected chi connectivity index (χ4v) is 2.25. The molecule has 1 rings (SSSR count). The van der Waals surface area contributed by atoms with Gasteiger partial charge in [-0.15, -0.1) is 11.6 Å². The van der Waals surface area contributed by atoms with E-state index < -0.39 is 10.0 Å². The molecule has 0 aliphatic carbocycles. The van der Waals surface area contributed by atoms with Crippen LogP contribution in [0.5, 0.6) is 0 Å². The Bertz CT molecular complexity index is 529. The summed E-state index contributed by atoms with van der Waals surface area (Å²) in [5.41, 5.74) is 0.504. The maximum atomic E-state index is 11.8. The first kappa shape index (κ1) is 15.7. The van der Waals surface area contributed by atoms with Gasteiger partial charge in [0.25, 0.3) is 0 Å². The first-order valence-electron chi connectivity index (χ1n) is 5.51. The number of halogens is 1. The third-order valence-electron chi connectivity index (χ3n) is 2.27. The number of alkyl halides is 1. The summed E-state index contributed by atoms with van der Waals surface area (Å²) in [6.45, 7) is 0.362. The van der Waals surface area contributed by atoms with Crippen LogP contribution in [0.15, 0.2) is 29.2 Å². The van der Waals surface area contributed by atoms with Crippen molar-refractivity contribution in [3.05, 3.63) is 24.3 Å². The van der Waals surface area contributed by atoms with Gasteiger partial charge in [0, 0.05) is 32.2 Å². The Kier molecular flexibility index (Phi) is 5.59. The number of benzene rings is 1. The van der Waals surface area contributed by atoms with Crippen LogP contribution in [0.4, 0.5) is 10.5 Å². The van der Waals surface area contributed by atoms with Crippen molar-refractivity contribution < 1.29 is 13.2 Å². The van der Waals surface area contributed by atoms with Gasteiger partial charge in [-0.05, 0) is 24.3 Å². The second-order valence-corrected chi connectivity index (χ2v) is 6.41. The molecule has 106 valence electrons. The van der Waals surface area contributed by atoms with Crippen molar-refractivity contribution >= 4 is 33.3 Å². The van der Waals surface area contributed by atoms with Gasteiger partial charge in [-0.2, -0.15) is 0 Å². The second-order valence-electron chi connectivity index (χ2n) is 3.88. The molecule has 2 amide bonds. The third kappa shape index (κ3) is 4.38. The molecule has 1 aromatic carbocycles. The Balaban J connectivity index is 2.75. The fraction of sp³-hybridized carbons (Fsp3) is 0.364. The van der Waals surface area contributed by atoms with Gasteiger partial charge in [-0.25, -0.2) is 17.5 Å². The van der Waals surface area contributed by atoms with Crippen LogP contribution in [0.3, 0.4) is 0 Å². The number of amides is 2.